The largest absolute Gasteiger partial charge is 0.495 e. The minimum absolute atomic E-state index is 0.172. The fourth-order valence-electron chi connectivity index (χ4n) is 1.87. The number of carbonyl (C=O) groups is 1. The van der Waals surface area contributed by atoms with Gasteiger partial charge >= 0.3 is 0 Å². The van der Waals surface area contributed by atoms with Crippen molar-refractivity contribution in [3.63, 3.8) is 0 Å². The van der Waals surface area contributed by atoms with Crippen LogP contribution in [0.1, 0.15) is 19.8 Å². The predicted molar refractivity (Wildman–Crippen MR) is 72.0 cm³/mol. The second-order valence-electron chi connectivity index (χ2n) is 4.86. The SMILES string of the molecule is COc1cc(NC(=O)C(C)(N)C2CC2)ccc1Cl. The van der Waals surface area contributed by atoms with Crippen molar-refractivity contribution in [2.24, 2.45) is 11.7 Å². The quantitative estimate of drug-likeness (QED) is 0.881. The molecule has 1 saturated carbocycles. The standard InChI is InChI=1S/C13H17ClN2O2/c1-13(15,8-3-4-8)12(17)16-9-5-6-10(14)11(7-9)18-2/h5-8H,3-4,15H2,1-2H3,(H,16,17). The van der Waals surface area contributed by atoms with E-state index in [-0.39, 0.29) is 11.8 Å². The van der Waals surface area contributed by atoms with Gasteiger partial charge < -0.3 is 15.8 Å². The maximum atomic E-state index is 12.1. The molecule has 1 aromatic rings. The van der Waals surface area contributed by atoms with Crippen molar-refractivity contribution in [3.8, 4) is 5.75 Å². The lowest BCUT2D eigenvalue weighted by atomic mass is 9.96. The molecule has 1 atom stereocenters. The normalized spacial score (nSPS) is 18.0. The molecule has 1 aliphatic rings. The number of nitrogens with two attached hydrogens (primary N) is 1. The molecular formula is C13H17ClN2O2. The van der Waals surface area contributed by atoms with Gasteiger partial charge in [0.2, 0.25) is 5.91 Å². The first-order valence-electron chi connectivity index (χ1n) is 5.89. The molecule has 0 aromatic heterocycles. The summed E-state index contributed by atoms with van der Waals surface area (Å²) < 4.78 is 5.10. The molecule has 0 heterocycles. The third kappa shape index (κ3) is 2.60. The van der Waals surface area contributed by atoms with Crippen LogP contribution in [0.25, 0.3) is 0 Å². The van der Waals surface area contributed by atoms with Crippen LogP contribution in [0.3, 0.4) is 0 Å². The highest BCUT2D eigenvalue weighted by atomic mass is 35.5. The number of amides is 1. The lowest BCUT2D eigenvalue weighted by molar-refractivity contribution is -0.121. The van der Waals surface area contributed by atoms with Gasteiger partial charge in [0, 0.05) is 11.8 Å². The molecule has 1 unspecified atom stereocenters. The molecule has 2 rings (SSSR count). The number of methoxy groups -OCH3 is 1. The summed E-state index contributed by atoms with van der Waals surface area (Å²) in [7, 11) is 1.53. The summed E-state index contributed by atoms with van der Waals surface area (Å²) >= 11 is 5.92. The van der Waals surface area contributed by atoms with Crippen molar-refractivity contribution in [3.05, 3.63) is 23.2 Å². The van der Waals surface area contributed by atoms with Crippen molar-refractivity contribution >= 4 is 23.2 Å². The van der Waals surface area contributed by atoms with Crippen molar-refractivity contribution in [1.29, 1.82) is 0 Å². The Balaban J connectivity index is 2.11. The smallest absolute Gasteiger partial charge is 0.244 e. The molecule has 0 saturated heterocycles. The monoisotopic (exact) mass is 268 g/mol. The summed E-state index contributed by atoms with van der Waals surface area (Å²) in [6, 6.07) is 5.09. The van der Waals surface area contributed by atoms with Crippen molar-refractivity contribution in [1.82, 2.24) is 0 Å². The molecule has 0 spiro atoms. The number of hydrogen-bond donors (Lipinski definition) is 2. The minimum atomic E-state index is -0.813. The lowest BCUT2D eigenvalue weighted by Gasteiger charge is -2.23. The first-order chi connectivity index (χ1) is 8.45. The number of hydrogen-bond acceptors (Lipinski definition) is 3. The van der Waals surface area contributed by atoms with E-state index < -0.39 is 5.54 Å². The van der Waals surface area contributed by atoms with E-state index in [1.54, 1.807) is 25.1 Å². The minimum Gasteiger partial charge on any atom is -0.495 e. The summed E-state index contributed by atoms with van der Waals surface area (Å²) in [5.41, 5.74) is 5.87. The molecule has 1 fully saturated rings. The van der Waals surface area contributed by atoms with Gasteiger partial charge in [-0.25, -0.2) is 0 Å². The number of halogens is 1. The molecule has 1 amide bonds. The van der Waals surface area contributed by atoms with Gasteiger partial charge in [-0.2, -0.15) is 0 Å². The number of anilines is 1. The zero-order valence-corrected chi connectivity index (χ0v) is 11.3. The van der Waals surface area contributed by atoms with E-state index in [2.05, 4.69) is 5.32 Å². The van der Waals surface area contributed by atoms with E-state index in [4.69, 9.17) is 22.1 Å². The van der Waals surface area contributed by atoms with Crippen LogP contribution in [-0.2, 0) is 4.79 Å². The molecule has 1 aliphatic carbocycles. The summed E-state index contributed by atoms with van der Waals surface area (Å²) in [6.07, 6.45) is 2.04. The van der Waals surface area contributed by atoms with Gasteiger partial charge in [-0.05, 0) is 37.8 Å². The molecule has 3 N–H and O–H groups in total. The number of rotatable bonds is 4. The summed E-state index contributed by atoms with van der Waals surface area (Å²) in [5.74, 6) is 0.640. The van der Waals surface area contributed by atoms with Crippen LogP contribution in [0.2, 0.25) is 5.02 Å². The third-order valence-corrected chi connectivity index (χ3v) is 3.64. The molecule has 18 heavy (non-hydrogen) atoms. The van der Waals surface area contributed by atoms with Crippen LogP contribution in [-0.4, -0.2) is 18.6 Å². The Labute approximate surface area is 111 Å². The van der Waals surface area contributed by atoms with Crippen LogP contribution >= 0.6 is 11.6 Å². The Bertz CT molecular complexity index is 470. The molecule has 4 nitrogen and oxygen atoms in total. The maximum Gasteiger partial charge on any atom is 0.244 e. The Morgan fingerprint density at radius 3 is 2.78 bits per heavy atom. The van der Waals surface area contributed by atoms with Crippen LogP contribution in [0.5, 0.6) is 5.75 Å². The van der Waals surface area contributed by atoms with Crippen LogP contribution < -0.4 is 15.8 Å². The first kappa shape index (κ1) is 13.2. The zero-order valence-electron chi connectivity index (χ0n) is 10.5. The van der Waals surface area contributed by atoms with Gasteiger partial charge in [0.05, 0.1) is 17.7 Å². The average Bonchev–Trinajstić information content (AvgIpc) is 3.15. The van der Waals surface area contributed by atoms with Crippen LogP contribution in [0.4, 0.5) is 5.69 Å². The van der Waals surface area contributed by atoms with Gasteiger partial charge in [-0.1, -0.05) is 11.6 Å². The summed E-state index contributed by atoms with van der Waals surface area (Å²) in [6.45, 7) is 1.77. The highest BCUT2D eigenvalue weighted by Gasteiger charge is 2.44. The molecule has 5 heteroatoms. The second-order valence-corrected chi connectivity index (χ2v) is 5.27. The average molecular weight is 269 g/mol. The number of nitrogens with one attached hydrogen (secondary N) is 1. The number of carbonyl (C=O) groups excluding carboxylic acids is 1. The molecule has 98 valence electrons. The van der Waals surface area contributed by atoms with Gasteiger partial charge in [-0.15, -0.1) is 0 Å². The molecule has 0 radical (unpaired) electrons. The van der Waals surface area contributed by atoms with Crippen molar-refractivity contribution < 1.29 is 9.53 Å². The summed E-state index contributed by atoms with van der Waals surface area (Å²) in [5, 5.41) is 3.31. The number of benzene rings is 1. The molecular weight excluding hydrogens is 252 g/mol. The highest BCUT2D eigenvalue weighted by molar-refractivity contribution is 6.32. The Kier molecular flexibility index (Phi) is 3.50. The van der Waals surface area contributed by atoms with E-state index in [1.807, 2.05) is 0 Å². The van der Waals surface area contributed by atoms with E-state index in [0.29, 0.717) is 16.5 Å². The van der Waals surface area contributed by atoms with Crippen molar-refractivity contribution in [2.75, 3.05) is 12.4 Å². The first-order valence-corrected chi connectivity index (χ1v) is 6.27. The fraction of sp³-hybridized carbons (Fsp3) is 0.462. The van der Waals surface area contributed by atoms with Gasteiger partial charge in [0.25, 0.3) is 0 Å². The van der Waals surface area contributed by atoms with Gasteiger partial charge in [-0.3, -0.25) is 4.79 Å². The zero-order chi connectivity index (χ0) is 13.3. The number of ether oxygens (including phenoxy) is 1. The second kappa shape index (κ2) is 4.78. The van der Waals surface area contributed by atoms with Gasteiger partial charge in [0.1, 0.15) is 5.75 Å². The lowest BCUT2D eigenvalue weighted by Crippen LogP contribution is -2.50. The van der Waals surface area contributed by atoms with E-state index in [1.165, 1.54) is 7.11 Å². The molecule has 1 aromatic carbocycles. The predicted octanol–water partition coefficient (Wildman–Crippen LogP) is 2.41. The topological polar surface area (TPSA) is 64.3 Å². The van der Waals surface area contributed by atoms with E-state index in [9.17, 15) is 4.79 Å². The molecule has 0 bridgehead atoms. The molecule has 0 aliphatic heterocycles. The Hall–Kier alpha value is -1.26. The van der Waals surface area contributed by atoms with E-state index >= 15 is 0 Å². The maximum absolute atomic E-state index is 12.1. The Morgan fingerprint density at radius 1 is 1.56 bits per heavy atom. The Morgan fingerprint density at radius 2 is 2.22 bits per heavy atom. The van der Waals surface area contributed by atoms with Crippen LogP contribution in [0.15, 0.2) is 18.2 Å². The van der Waals surface area contributed by atoms with Crippen LogP contribution in [0, 0.1) is 5.92 Å². The fourth-order valence-corrected chi connectivity index (χ4v) is 2.07. The van der Waals surface area contributed by atoms with E-state index in [0.717, 1.165) is 12.8 Å². The summed E-state index contributed by atoms with van der Waals surface area (Å²) in [4.78, 5) is 12.1. The van der Waals surface area contributed by atoms with Gasteiger partial charge in [0.15, 0.2) is 0 Å². The third-order valence-electron chi connectivity index (χ3n) is 3.32. The highest BCUT2D eigenvalue weighted by Crippen LogP contribution is 2.38. The van der Waals surface area contributed by atoms with Crippen molar-refractivity contribution in [2.45, 2.75) is 25.3 Å².